The van der Waals surface area contributed by atoms with Gasteiger partial charge in [0.25, 0.3) is 0 Å². The van der Waals surface area contributed by atoms with Gasteiger partial charge in [-0.25, -0.2) is 9.18 Å². The van der Waals surface area contributed by atoms with Gasteiger partial charge >= 0.3 is 5.97 Å². The molecule has 0 aliphatic carbocycles. The lowest BCUT2D eigenvalue weighted by molar-refractivity contribution is 0.0729. The quantitative estimate of drug-likeness (QED) is 0.334. The Morgan fingerprint density at radius 3 is 2.58 bits per heavy atom. The lowest BCUT2D eigenvalue weighted by atomic mass is 9.83. The Balaban J connectivity index is 1.66. The van der Waals surface area contributed by atoms with Gasteiger partial charge in [0.2, 0.25) is 5.88 Å². The maximum absolute atomic E-state index is 13.9. The van der Waals surface area contributed by atoms with Crippen LogP contribution >= 0.6 is 0 Å². The number of hydrogen-bond acceptors (Lipinski definition) is 6. The lowest BCUT2D eigenvalue weighted by Gasteiger charge is -2.26. The summed E-state index contributed by atoms with van der Waals surface area (Å²) in [5.41, 5.74) is 7.59. The molecule has 33 heavy (non-hydrogen) atoms. The van der Waals surface area contributed by atoms with Crippen LogP contribution in [0.1, 0.15) is 27.4 Å². The molecule has 4 rings (SSSR count). The number of benzene rings is 3. The predicted molar refractivity (Wildman–Crippen MR) is 119 cm³/mol. The van der Waals surface area contributed by atoms with Crippen molar-refractivity contribution in [3.8, 4) is 23.3 Å². The highest BCUT2D eigenvalue weighted by molar-refractivity contribution is 5.91. The third-order valence-corrected chi connectivity index (χ3v) is 5.08. The van der Waals surface area contributed by atoms with Crippen molar-refractivity contribution >= 4 is 5.97 Å². The lowest BCUT2D eigenvalue weighted by Crippen LogP contribution is -2.21. The van der Waals surface area contributed by atoms with E-state index in [9.17, 15) is 14.4 Å². The topological polar surface area (TPSA) is 94.6 Å². The molecular weight excluding hydrogens is 423 g/mol. The molecule has 3 aromatic rings. The van der Waals surface area contributed by atoms with Gasteiger partial charge in [-0.3, -0.25) is 0 Å². The molecule has 1 unspecified atom stereocenters. The van der Waals surface area contributed by atoms with Crippen molar-refractivity contribution in [1.29, 1.82) is 5.26 Å². The van der Waals surface area contributed by atoms with Crippen LogP contribution in [0.15, 0.2) is 90.8 Å². The average Bonchev–Trinajstić information content (AvgIpc) is 2.82. The zero-order valence-corrected chi connectivity index (χ0v) is 17.5. The number of nitrogens with two attached hydrogens (primary N) is 1. The van der Waals surface area contributed by atoms with Crippen molar-refractivity contribution in [2.75, 3.05) is 6.61 Å². The second kappa shape index (κ2) is 9.28. The Kier molecular flexibility index (Phi) is 6.09. The molecule has 164 valence electrons. The summed E-state index contributed by atoms with van der Waals surface area (Å²) in [5.74, 6) is -0.885. The minimum atomic E-state index is -0.836. The molecule has 6 nitrogen and oxygen atoms in total. The van der Waals surface area contributed by atoms with Gasteiger partial charge in [-0.2, -0.15) is 5.26 Å². The smallest absolute Gasteiger partial charge is 0.346 e. The molecule has 3 aromatic carbocycles. The van der Waals surface area contributed by atoms with Gasteiger partial charge in [0.1, 0.15) is 41.3 Å². The van der Waals surface area contributed by atoms with Crippen LogP contribution in [0, 0.1) is 17.1 Å². The molecule has 0 radical (unpaired) electrons. The predicted octanol–water partition coefficient (Wildman–Crippen LogP) is 4.83. The number of carbonyl (C=O) groups excluding carboxylic acids is 1. The Morgan fingerprint density at radius 1 is 1.15 bits per heavy atom. The number of allylic oxidation sites excluding steroid dienone is 1. The van der Waals surface area contributed by atoms with E-state index in [4.69, 9.17) is 19.9 Å². The van der Waals surface area contributed by atoms with Crippen molar-refractivity contribution in [3.63, 3.8) is 0 Å². The number of hydrogen-bond donors (Lipinski definition) is 1. The molecule has 2 N–H and O–H groups in total. The highest BCUT2D eigenvalue weighted by Crippen LogP contribution is 2.43. The summed E-state index contributed by atoms with van der Waals surface area (Å²) in [5, 5.41) is 9.71. The maximum Gasteiger partial charge on any atom is 0.346 e. The van der Waals surface area contributed by atoms with Crippen molar-refractivity contribution < 1.29 is 23.4 Å². The molecular formula is C26H19FN2O4. The second-order valence-electron chi connectivity index (χ2n) is 7.16. The molecule has 0 amide bonds. The fourth-order valence-electron chi connectivity index (χ4n) is 3.54. The molecule has 7 heteroatoms. The zero-order chi connectivity index (χ0) is 23.4. The Labute approximate surface area is 189 Å². The number of fused-ring (bicyclic) bond motifs is 1. The van der Waals surface area contributed by atoms with Crippen molar-refractivity contribution in [2.24, 2.45) is 5.73 Å². The SMILES string of the molecule is C=CCOc1ccc(C2C(C#N)=C(N)Oc3cc(OC(=O)c4ccccc4F)ccc32)cc1. The molecule has 1 aliphatic heterocycles. The van der Waals surface area contributed by atoms with Crippen LogP contribution < -0.4 is 19.9 Å². The Morgan fingerprint density at radius 2 is 1.88 bits per heavy atom. The van der Waals surface area contributed by atoms with Crippen LogP contribution in [0.2, 0.25) is 0 Å². The minimum Gasteiger partial charge on any atom is -0.490 e. The third kappa shape index (κ3) is 4.41. The van der Waals surface area contributed by atoms with E-state index in [1.807, 2.05) is 12.1 Å². The average molecular weight is 442 g/mol. The van der Waals surface area contributed by atoms with Gasteiger partial charge in [-0.1, -0.05) is 43.0 Å². The summed E-state index contributed by atoms with van der Waals surface area (Å²) in [4.78, 5) is 12.4. The van der Waals surface area contributed by atoms with Crippen molar-refractivity contribution in [2.45, 2.75) is 5.92 Å². The van der Waals surface area contributed by atoms with E-state index < -0.39 is 17.7 Å². The van der Waals surface area contributed by atoms with Gasteiger partial charge in [0.05, 0.1) is 11.5 Å². The minimum absolute atomic E-state index is 0.0421. The van der Waals surface area contributed by atoms with Gasteiger partial charge in [0.15, 0.2) is 0 Å². The highest BCUT2D eigenvalue weighted by Gasteiger charge is 2.31. The van der Waals surface area contributed by atoms with Crippen LogP contribution in [0.4, 0.5) is 4.39 Å². The summed E-state index contributed by atoms with van der Waals surface area (Å²) in [7, 11) is 0. The van der Waals surface area contributed by atoms with E-state index in [2.05, 4.69) is 12.6 Å². The number of esters is 1. The zero-order valence-electron chi connectivity index (χ0n) is 17.5. The van der Waals surface area contributed by atoms with Crippen molar-refractivity contribution in [1.82, 2.24) is 0 Å². The molecule has 1 heterocycles. The highest BCUT2D eigenvalue weighted by atomic mass is 19.1. The van der Waals surface area contributed by atoms with Crippen LogP contribution in [0.3, 0.4) is 0 Å². The monoisotopic (exact) mass is 442 g/mol. The maximum atomic E-state index is 13.9. The van der Waals surface area contributed by atoms with Crippen molar-refractivity contribution in [3.05, 3.63) is 113 Å². The normalized spacial score (nSPS) is 14.5. The number of carbonyl (C=O) groups is 1. The van der Waals surface area contributed by atoms with Gasteiger partial charge in [0, 0.05) is 11.6 Å². The fourth-order valence-corrected chi connectivity index (χ4v) is 3.54. The number of nitriles is 1. The van der Waals surface area contributed by atoms with Crippen LogP contribution in [0.25, 0.3) is 0 Å². The molecule has 0 spiro atoms. The summed E-state index contributed by atoms with van der Waals surface area (Å²) >= 11 is 0. The molecule has 0 saturated heterocycles. The molecule has 1 aliphatic rings. The third-order valence-electron chi connectivity index (χ3n) is 5.08. The standard InChI is InChI=1S/C26H19FN2O4/c1-2-13-31-17-9-7-16(8-10-17)24-20-12-11-18(14-23(20)33-25(29)21(24)15-28)32-26(30)19-5-3-4-6-22(19)27/h2-12,14,24H,1,13,29H2. The summed E-state index contributed by atoms with van der Waals surface area (Å²) in [6, 6.07) is 19.7. The molecule has 0 saturated carbocycles. The second-order valence-corrected chi connectivity index (χ2v) is 7.16. The molecule has 0 bridgehead atoms. The van der Waals surface area contributed by atoms with E-state index in [0.717, 1.165) is 5.56 Å². The number of halogens is 1. The number of ether oxygens (including phenoxy) is 3. The van der Waals surface area contributed by atoms with E-state index >= 15 is 0 Å². The largest absolute Gasteiger partial charge is 0.490 e. The van der Waals surface area contributed by atoms with E-state index in [-0.39, 0.29) is 22.8 Å². The van der Waals surface area contributed by atoms with E-state index in [1.165, 1.54) is 24.3 Å². The first-order valence-electron chi connectivity index (χ1n) is 10.0. The van der Waals surface area contributed by atoms with Crippen LogP contribution in [0.5, 0.6) is 17.2 Å². The summed E-state index contributed by atoms with van der Waals surface area (Å²) < 4.78 is 30.4. The first-order chi connectivity index (χ1) is 16.0. The molecule has 0 fully saturated rings. The number of rotatable bonds is 6. The fraction of sp³-hybridized carbons (Fsp3) is 0.0769. The summed E-state index contributed by atoms with van der Waals surface area (Å²) in [6.45, 7) is 4.00. The first kappa shape index (κ1) is 21.7. The summed E-state index contributed by atoms with van der Waals surface area (Å²) in [6.07, 6.45) is 1.65. The van der Waals surface area contributed by atoms with E-state index in [0.29, 0.717) is 23.7 Å². The van der Waals surface area contributed by atoms with Gasteiger partial charge in [-0.15, -0.1) is 0 Å². The van der Waals surface area contributed by atoms with Crippen LogP contribution in [-0.4, -0.2) is 12.6 Å². The van der Waals surface area contributed by atoms with E-state index in [1.54, 1.807) is 36.4 Å². The van der Waals surface area contributed by atoms with Gasteiger partial charge in [-0.05, 0) is 35.9 Å². The van der Waals surface area contributed by atoms with Crippen LogP contribution in [-0.2, 0) is 0 Å². The molecule has 1 atom stereocenters. The number of nitrogens with zero attached hydrogens (tertiary/aromatic N) is 1. The Hall–Kier alpha value is -4.57. The van der Waals surface area contributed by atoms with Gasteiger partial charge < -0.3 is 19.9 Å². The first-order valence-corrected chi connectivity index (χ1v) is 10.0. The Bertz CT molecular complexity index is 1290. The molecule has 0 aromatic heterocycles.